The summed E-state index contributed by atoms with van der Waals surface area (Å²) in [6.45, 7) is 1.41. The van der Waals surface area contributed by atoms with E-state index in [4.69, 9.17) is 9.47 Å². The van der Waals surface area contributed by atoms with Gasteiger partial charge in [0.1, 0.15) is 18.4 Å². The van der Waals surface area contributed by atoms with Crippen molar-refractivity contribution in [1.29, 1.82) is 0 Å². The zero-order valence-corrected chi connectivity index (χ0v) is 29.3. The van der Waals surface area contributed by atoms with Crippen LogP contribution in [-0.4, -0.2) is 75.6 Å². The number of carbonyl (C=O) groups is 3. The first-order valence-electron chi connectivity index (χ1n) is 17.7. The van der Waals surface area contributed by atoms with Crippen LogP contribution in [-0.2, 0) is 37.0 Å². The van der Waals surface area contributed by atoms with Crippen LogP contribution in [0.25, 0.3) is 0 Å². The van der Waals surface area contributed by atoms with Gasteiger partial charge in [0, 0.05) is 12.8 Å². The second-order valence-corrected chi connectivity index (χ2v) is 13.1. The summed E-state index contributed by atoms with van der Waals surface area (Å²) in [5, 5.41) is 43.5. The molecule has 1 unspecified atom stereocenters. The van der Waals surface area contributed by atoms with Crippen LogP contribution in [0.5, 0.6) is 5.75 Å². The second-order valence-electron chi connectivity index (χ2n) is 13.1. The Bertz CT molecular complexity index is 1390. The Kier molecular flexibility index (Phi) is 18.3. The number of Topliss-reactive ketones (excluding diaryl/α,β-unsaturated/α-hetero) is 1. The van der Waals surface area contributed by atoms with E-state index in [0.29, 0.717) is 50.7 Å². The number of carbonyl (C=O) groups excluding carboxylic acids is 3. The molecular weight excluding hydrogens is 660 g/mol. The van der Waals surface area contributed by atoms with Crippen molar-refractivity contribution in [3.8, 4) is 5.75 Å². The topological polar surface area (TPSA) is 195 Å². The van der Waals surface area contributed by atoms with Crippen LogP contribution in [0.4, 0.5) is 0 Å². The maximum Gasteiger partial charge on any atom is 0.333 e. The number of ketones is 1. The molecule has 1 aliphatic carbocycles. The van der Waals surface area contributed by atoms with Crippen molar-refractivity contribution in [2.24, 2.45) is 11.8 Å². The Labute approximate surface area is 299 Å². The van der Waals surface area contributed by atoms with Gasteiger partial charge >= 0.3 is 5.97 Å². The highest BCUT2D eigenvalue weighted by Crippen LogP contribution is 2.38. The average Bonchev–Trinajstić information content (AvgIpc) is 3.38. The van der Waals surface area contributed by atoms with Crippen LogP contribution >= 0.6 is 0 Å². The maximum atomic E-state index is 12.5. The van der Waals surface area contributed by atoms with Crippen LogP contribution in [0.1, 0.15) is 82.3 Å². The summed E-state index contributed by atoms with van der Waals surface area (Å²) < 4.78 is 10.7. The molecule has 0 radical (unpaired) electrons. The van der Waals surface area contributed by atoms with Crippen molar-refractivity contribution in [3.05, 3.63) is 88.0 Å². The highest BCUT2D eigenvalue weighted by atomic mass is 16.9. The van der Waals surface area contributed by atoms with Gasteiger partial charge in [0.15, 0.2) is 5.78 Å². The van der Waals surface area contributed by atoms with Gasteiger partial charge in [0.2, 0.25) is 5.91 Å². The third kappa shape index (κ3) is 16.2. The van der Waals surface area contributed by atoms with Crippen LogP contribution < -0.4 is 10.1 Å². The highest BCUT2D eigenvalue weighted by Gasteiger charge is 2.40. The highest BCUT2D eigenvalue weighted by molar-refractivity contribution is 5.85. The molecule has 0 spiro atoms. The van der Waals surface area contributed by atoms with Crippen molar-refractivity contribution in [3.63, 3.8) is 0 Å². The number of hydrogen-bond donors (Lipinski definition) is 4. The standard InChI is InChI=1S/C38H52N2O11/c1-27(38(46)51-32-20-16-29(17-21-32)25-49-26-31(42)12-9-23-50-40(47)48)39-37(45)14-8-3-2-7-13-33-34(36(44)24-35(33)43)22-19-30(41)18-15-28-10-5-4-6-11-28/h2,4-7,10-11,16-17,20-21,27,30,33-36,41,43-44H,3,8-9,12-15,18-19,22-26H2,1H3,(H,39,45)/t27?,30-,33+,34+,35-,36+/m0/s1. The van der Waals surface area contributed by atoms with Gasteiger partial charge in [-0.15, -0.1) is 10.1 Å². The van der Waals surface area contributed by atoms with E-state index in [9.17, 15) is 39.8 Å². The number of amides is 1. The number of rotatable bonds is 24. The third-order valence-electron chi connectivity index (χ3n) is 9.01. The molecule has 13 heteroatoms. The molecule has 0 aromatic heterocycles. The van der Waals surface area contributed by atoms with Crippen molar-refractivity contribution >= 4 is 17.7 Å². The van der Waals surface area contributed by atoms with E-state index in [1.165, 1.54) is 5.56 Å². The van der Waals surface area contributed by atoms with Crippen molar-refractivity contribution in [1.82, 2.24) is 5.32 Å². The third-order valence-corrected chi connectivity index (χ3v) is 9.01. The molecule has 13 nitrogen and oxygen atoms in total. The Hall–Kier alpha value is -4.17. The van der Waals surface area contributed by atoms with Gasteiger partial charge < -0.3 is 34.9 Å². The molecular formula is C38H52N2O11. The van der Waals surface area contributed by atoms with E-state index in [-0.39, 0.29) is 62.6 Å². The largest absolute Gasteiger partial charge is 0.425 e. The summed E-state index contributed by atoms with van der Waals surface area (Å²) in [5.74, 6) is -0.972. The fourth-order valence-corrected chi connectivity index (χ4v) is 6.16. The molecule has 0 heterocycles. The molecule has 4 N–H and O–H groups in total. The van der Waals surface area contributed by atoms with Crippen molar-refractivity contribution in [2.45, 2.75) is 109 Å². The monoisotopic (exact) mass is 712 g/mol. The van der Waals surface area contributed by atoms with Gasteiger partial charge in [-0.05, 0) is 99.8 Å². The number of nitrogens with one attached hydrogen (secondary N) is 1. The smallest absolute Gasteiger partial charge is 0.333 e. The molecule has 280 valence electrons. The number of aliphatic hydroxyl groups is 3. The average molecular weight is 713 g/mol. The van der Waals surface area contributed by atoms with E-state index in [1.54, 1.807) is 31.2 Å². The SMILES string of the molecule is CC(NC(=O)CCCC=CC[C@@H]1[C@@H](CC[C@@H](O)CCc2ccccc2)[C@H](O)C[C@@H]1O)C(=O)Oc1ccc(COCC(=O)CCCO[N+](=O)[O-])cc1. The molecule has 1 amide bonds. The molecule has 2 aromatic rings. The molecule has 0 bridgehead atoms. The van der Waals surface area contributed by atoms with E-state index >= 15 is 0 Å². The van der Waals surface area contributed by atoms with Crippen LogP contribution in [0.2, 0.25) is 0 Å². The number of aliphatic hydroxyl groups excluding tert-OH is 3. The summed E-state index contributed by atoms with van der Waals surface area (Å²) in [5.41, 5.74) is 1.93. The molecule has 3 rings (SSSR count). The molecule has 0 saturated heterocycles. The Morgan fingerprint density at radius 3 is 2.41 bits per heavy atom. The minimum Gasteiger partial charge on any atom is -0.425 e. The number of aryl methyl sites for hydroxylation is 1. The minimum atomic E-state index is -0.903. The summed E-state index contributed by atoms with van der Waals surface area (Å²) in [6, 6.07) is 15.7. The summed E-state index contributed by atoms with van der Waals surface area (Å²) in [7, 11) is 0. The number of unbranched alkanes of at least 4 members (excludes halogenated alkanes) is 1. The second kappa shape index (κ2) is 22.6. The van der Waals surface area contributed by atoms with Gasteiger partial charge in [-0.25, -0.2) is 4.79 Å². The molecule has 6 atom stereocenters. The number of ether oxygens (including phenoxy) is 2. The van der Waals surface area contributed by atoms with E-state index in [2.05, 4.69) is 10.2 Å². The quantitative estimate of drug-likeness (QED) is 0.0301. The molecule has 1 fully saturated rings. The zero-order chi connectivity index (χ0) is 37.0. The lowest BCUT2D eigenvalue weighted by atomic mass is 9.85. The van der Waals surface area contributed by atoms with Gasteiger partial charge in [0.25, 0.3) is 5.09 Å². The van der Waals surface area contributed by atoms with Crippen LogP contribution in [0.3, 0.4) is 0 Å². The van der Waals surface area contributed by atoms with Gasteiger partial charge in [-0.3, -0.25) is 9.59 Å². The van der Waals surface area contributed by atoms with Gasteiger partial charge in [-0.2, -0.15) is 0 Å². The van der Waals surface area contributed by atoms with Crippen molar-refractivity contribution < 1.29 is 49.1 Å². The normalized spacial score (nSPS) is 19.8. The Morgan fingerprint density at radius 2 is 1.69 bits per heavy atom. The van der Waals surface area contributed by atoms with Gasteiger partial charge in [0.05, 0.1) is 31.5 Å². The molecule has 51 heavy (non-hydrogen) atoms. The lowest BCUT2D eigenvalue weighted by Crippen LogP contribution is -2.40. The maximum absolute atomic E-state index is 12.5. The Balaban J connectivity index is 1.28. The van der Waals surface area contributed by atoms with E-state index < -0.39 is 35.4 Å². The lowest BCUT2D eigenvalue weighted by molar-refractivity contribution is -0.757. The van der Waals surface area contributed by atoms with E-state index in [1.807, 2.05) is 42.5 Å². The number of hydrogen-bond acceptors (Lipinski definition) is 11. The first-order chi connectivity index (χ1) is 24.5. The number of nitrogens with zero attached hydrogens (tertiary/aromatic N) is 1. The lowest BCUT2D eigenvalue weighted by Gasteiger charge is -2.23. The Morgan fingerprint density at radius 1 is 0.961 bits per heavy atom. The zero-order valence-electron chi connectivity index (χ0n) is 29.3. The predicted octanol–water partition coefficient (Wildman–Crippen LogP) is 4.42. The molecule has 0 aliphatic heterocycles. The molecule has 1 aliphatic rings. The predicted molar refractivity (Wildman–Crippen MR) is 188 cm³/mol. The minimum absolute atomic E-state index is 0.0818. The molecule has 1 saturated carbocycles. The van der Waals surface area contributed by atoms with Crippen molar-refractivity contribution in [2.75, 3.05) is 13.2 Å². The number of benzene rings is 2. The summed E-state index contributed by atoms with van der Waals surface area (Å²) in [6.07, 6.45) is 7.70. The fraction of sp³-hybridized carbons (Fsp3) is 0.553. The number of esters is 1. The van der Waals surface area contributed by atoms with E-state index in [0.717, 1.165) is 12.0 Å². The fourth-order valence-electron chi connectivity index (χ4n) is 6.16. The summed E-state index contributed by atoms with van der Waals surface area (Å²) >= 11 is 0. The van der Waals surface area contributed by atoms with Crippen LogP contribution in [0, 0.1) is 22.0 Å². The van der Waals surface area contributed by atoms with Crippen LogP contribution in [0.15, 0.2) is 66.7 Å². The summed E-state index contributed by atoms with van der Waals surface area (Å²) in [4.78, 5) is 51.0. The first-order valence-corrected chi connectivity index (χ1v) is 17.7. The molecule has 2 aromatic carbocycles. The van der Waals surface area contributed by atoms with Gasteiger partial charge in [-0.1, -0.05) is 54.6 Å². The first kappa shape index (κ1) is 41.3. The number of allylic oxidation sites excluding steroid dienone is 2.